The fourth-order valence-electron chi connectivity index (χ4n) is 1.17. The number of hydrogen-bond acceptors (Lipinski definition) is 4. The molecule has 0 radical (unpaired) electrons. The second kappa shape index (κ2) is 13.0. The van der Waals surface area contributed by atoms with Crippen molar-refractivity contribution in [1.29, 1.82) is 0 Å². The smallest absolute Gasteiger partial charge is 0.543 e. The topological polar surface area (TPSA) is 65.9 Å². The van der Waals surface area contributed by atoms with Crippen LogP contribution in [-0.2, 0) is 20.1 Å². The predicted molar refractivity (Wildman–Crippen MR) is 76.8 cm³/mol. The van der Waals surface area contributed by atoms with E-state index in [4.69, 9.17) is 0 Å². The molecule has 1 aromatic carbocycles. The summed E-state index contributed by atoms with van der Waals surface area (Å²) in [4.78, 5) is 17.2. The summed E-state index contributed by atoms with van der Waals surface area (Å²) in [5, 5.41) is 10.0. The number of carbonyl (C=O) groups excluding carboxylic acids is 1. The molecule has 0 N–H and O–H groups in total. The number of hydrogen-bond donors (Lipinski definition) is 0. The molecule has 24 heavy (non-hydrogen) atoms. The third-order valence-corrected chi connectivity index (χ3v) is 2.12. The van der Waals surface area contributed by atoms with Gasteiger partial charge in [-0.2, -0.15) is 24.3 Å². The number of carbonyl (C=O) groups is 1. The van der Waals surface area contributed by atoms with Gasteiger partial charge in [-0.05, 0) is 12.1 Å². The maximum Gasteiger partial charge on any atom is 3.00 e. The Morgan fingerprint density at radius 3 is 2.08 bits per heavy atom. The van der Waals surface area contributed by atoms with Crippen molar-refractivity contribution >= 4 is 5.97 Å². The molecule has 0 saturated heterocycles. The molecule has 4 nitrogen and oxygen atoms in total. The molecule has 0 aliphatic carbocycles. The van der Waals surface area contributed by atoms with Crippen LogP contribution in [0.5, 0.6) is 0 Å². The minimum atomic E-state index is -1.24. The molecule has 0 amide bonds. The van der Waals surface area contributed by atoms with Crippen LogP contribution in [0.1, 0.15) is 10.5 Å². The Hall–Kier alpha value is -2.50. The molecule has 2 aromatic heterocycles. The van der Waals surface area contributed by atoms with E-state index in [0.717, 1.165) is 12.1 Å². The SMILES string of the molecule is Fc1[c-]ccc(F)c1.O=C([O-])c1ccccn1.[Ir+3].[c-]1ccccn1. The van der Waals surface area contributed by atoms with Gasteiger partial charge in [0.2, 0.25) is 0 Å². The van der Waals surface area contributed by atoms with E-state index in [0.29, 0.717) is 0 Å². The van der Waals surface area contributed by atoms with Crippen molar-refractivity contribution in [2.45, 2.75) is 0 Å². The van der Waals surface area contributed by atoms with E-state index >= 15 is 0 Å². The summed E-state index contributed by atoms with van der Waals surface area (Å²) in [6.07, 6.45) is 5.74. The molecule has 3 aromatic rings. The summed E-state index contributed by atoms with van der Waals surface area (Å²) < 4.78 is 23.8. The molecule has 2 heterocycles. The Bertz CT molecular complexity index is 657. The standard InChI is InChI=1S/C6H3F2.C6H5NO2.C5H4N.Ir/c7-5-2-1-3-6(8)4-5;8-6(9)5-3-1-2-4-7-5;1-2-4-6-5-3-1;/h1-2,4H;1-4H,(H,8,9);1-4H;/q-1;;-1;+3/p-1. The number of nitrogens with zero attached hydrogens (tertiary/aromatic N) is 2. The van der Waals surface area contributed by atoms with Crippen molar-refractivity contribution in [3.8, 4) is 0 Å². The fourth-order valence-corrected chi connectivity index (χ4v) is 1.17. The van der Waals surface area contributed by atoms with Gasteiger partial charge in [0, 0.05) is 17.8 Å². The number of aromatic nitrogens is 2. The molecule has 0 bridgehead atoms. The van der Waals surface area contributed by atoms with E-state index in [-0.39, 0.29) is 25.8 Å². The van der Waals surface area contributed by atoms with Crippen LogP contribution in [0.15, 0.2) is 67.0 Å². The second-order valence-electron chi connectivity index (χ2n) is 3.82. The first-order valence-corrected chi connectivity index (χ1v) is 6.32. The van der Waals surface area contributed by atoms with Crippen LogP contribution in [0, 0.1) is 23.9 Å². The maximum atomic E-state index is 11.9. The van der Waals surface area contributed by atoms with Gasteiger partial charge in [-0.25, -0.2) is 8.78 Å². The van der Waals surface area contributed by atoms with Crippen molar-refractivity contribution in [3.63, 3.8) is 0 Å². The Morgan fingerprint density at radius 1 is 1.04 bits per heavy atom. The fraction of sp³-hybridized carbons (Fsp3) is 0. The predicted octanol–water partition coefficient (Wildman–Crippen LogP) is 2.09. The van der Waals surface area contributed by atoms with Gasteiger partial charge in [0.1, 0.15) is 0 Å². The molecule has 0 aliphatic heterocycles. The Morgan fingerprint density at radius 2 is 1.79 bits per heavy atom. The summed E-state index contributed by atoms with van der Waals surface area (Å²) in [7, 11) is 0. The molecular weight excluding hydrogens is 494 g/mol. The summed E-state index contributed by atoms with van der Waals surface area (Å²) in [5.74, 6) is -2.47. The molecule has 0 atom stereocenters. The van der Waals surface area contributed by atoms with Crippen LogP contribution in [0.3, 0.4) is 0 Å². The zero-order valence-corrected chi connectivity index (χ0v) is 14.5. The van der Waals surface area contributed by atoms with Gasteiger partial charge in [-0.1, -0.05) is 18.5 Å². The van der Waals surface area contributed by atoms with Crippen LogP contribution >= 0.6 is 0 Å². The van der Waals surface area contributed by atoms with Crippen molar-refractivity contribution in [2.24, 2.45) is 0 Å². The van der Waals surface area contributed by atoms with Crippen LogP contribution in [0.25, 0.3) is 0 Å². The summed E-state index contributed by atoms with van der Waals surface area (Å²) in [5.41, 5.74) is -0.0301. The normalized spacial score (nSPS) is 8.42. The van der Waals surface area contributed by atoms with Gasteiger partial charge in [0.05, 0.1) is 11.7 Å². The number of carboxylic acids is 1. The minimum absolute atomic E-state index is 0. The summed E-state index contributed by atoms with van der Waals surface area (Å²) >= 11 is 0. The third kappa shape index (κ3) is 10.3. The van der Waals surface area contributed by atoms with Crippen LogP contribution < -0.4 is 5.11 Å². The van der Waals surface area contributed by atoms with Crippen molar-refractivity contribution < 1.29 is 38.8 Å². The maximum absolute atomic E-state index is 11.9. The summed E-state index contributed by atoms with van der Waals surface area (Å²) in [6, 6.07) is 15.4. The van der Waals surface area contributed by atoms with E-state index in [1.165, 1.54) is 18.3 Å². The Labute approximate surface area is 151 Å². The third-order valence-electron chi connectivity index (χ3n) is 2.12. The van der Waals surface area contributed by atoms with Crippen LogP contribution in [0.4, 0.5) is 8.78 Å². The first kappa shape index (κ1) is 21.5. The van der Waals surface area contributed by atoms with Crippen LogP contribution in [0.2, 0.25) is 0 Å². The molecule has 3 rings (SSSR count). The monoisotopic (exact) mass is 506 g/mol. The van der Waals surface area contributed by atoms with Gasteiger partial charge >= 0.3 is 20.1 Å². The van der Waals surface area contributed by atoms with Gasteiger partial charge in [-0.15, -0.1) is 18.2 Å². The quantitative estimate of drug-likeness (QED) is 0.476. The molecule has 7 heteroatoms. The van der Waals surface area contributed by atoms with E-state index < -0.39 is 17.6 Å². The average molecular weight is 506 g/mol. The van der Waals surface area contributed by atoms with Crippen molar-refractivity contribution in [1.82, 2.24) is 9.97 Å². The molecule has 0 aliphatic rings. The summed E-state index contributed by atoms with van der Waals surface area (Å²) in [6.45, 7) is 0. The van der Waals surface area contributed by atoms with Gasteiger partial charge in [0.15, 0.2) is 0 Å². The zero-order chi connectivity index (χ0) is 16.9. The molecule has 0 fully saturated rings. The van der Waals surface area contributed by atoms with E-state index in [1.54, 1.807) is 24.4 Å². The average Bonchev–Trinajstić information content (AvgIpc) is 2.58. The molecule has 124 valence electrons. The van der Waals surface area contributed by atoms with Crippen molar-refractivity contribution in [2.75, 3.05) is 0 Å². The van der Waals surface area contributed by atoms with E-state index in [9.17, 15) is 18.7 Å². The number of benzene rings is 1. The first-order valence-electron chi connectivity index (χ1n) is 6.32. The first-order chi connectivity index (χ1) is 11.1. The number of aromatic carboxylic acids is 1. The molecule has 0 saturated carbocycles. The molecule has 0 unspecified atom stereocenters. The second-order valence-corrected chi connectivity index (χ2v) is 3.82. The number of carboxylic acid groups (broad SMARTS) is 1. The van der Waals surface area contributed by atoms with Gasteiger partial charge < -0.3 is 14.9 Å². The van der Waals surface area contributed by atoms with Crippen LogP contribution in [-0.4, -0.2) is 15.9 Å². The largest absolute Gasteiger partial charge is 3.00 e. The number of halogens is 2. The van der Waals surface area contributed by atoms with E-state index in [2.05, 4.69) is 22.2 Å². The Kier molecular flexibility index (Phi) is 11.6. The molecule has 0 spiro atoms. The van der Waals surface area contributed by atoms with Gasteiger partial charge in [-0.3, -0.25) is 4.98 Å². The number of rotatable bonds is 1. The zero-order valence-electron chi connectivity index (χ0n) is 12.2. The van der Waals surface area contributed by atoms with E-state index in [1.807, 2.05) is 12.1 Å². The Balaban J connectivity index is 0.000000330. The molecular formula is C17H11F2IrN2O2. The van der Waals surface area contributed by atoms with Gasteiger partial charge in [0.25, 0.3) is 0 Å². The van der Waals surface area contributed by atoms with Crippen molar-refractivity contribution in [3.05, 3.63) is 96.6 Å². The number of pyridine rings is 2. The minimum Gasteiger partial charge on any atom is -0.543 e.